The normalized spacial score (nSPS) is 18.8. The average Bonchev–Trinajstić information content (AvgIpc) is 3.37. The van der Waals surface area contributed by atoms with Crippen LogP contribution in [0.5, 0.6) is 0 Å². The molecule has 434 valence electrons. The summed E-state index contributed by atoms with van der Waals surface area (Å²) in [6, 6.07) is 0. The first-order chi connectivity index (χ1) is 35.6. The minimum absolute atomic E-state index is 0.0432. The van der Waals surface area contributed by atoms with Crippen LogP contribution in [0, 0.1) is 0 Å². The summed E-state index contributed by atoms with van der Waals surface area (Å²) in [5.74, 6) is -0.390. The van der Waals surface area contributed by atoms with Gasteiger partial charge >= 0.3 is 16.4 Å². The zero-order chi connectivity index (χ0) is 53.1. The highest BCUT2D eigenvalue weighted by molar-refractivity contribution is 7.80. The van der Waals surface area contributed by atoms with Crippen LogP contribution in [0.1, 0.15) is 303 Å². The summed E-state index contributed by atoms with van der Waals surface area (Å²) in [6.45, 7) is 4.07. The Bertz CT molecular complexity index is 1320. The summed E-state index contributed by atoms with van der Waals surface area (Å²) in [7, 11) is -5.06. The zero-order valence-electron chi connectivity index (χ0n) is 47.2. The Balaban J connectivity index is 2.24. The molecule has 1 aliphatic rings. The maximum atomic E-state index is 13.0. The second-order valence-electron chi connectivity index (χ2n) is 21.7. The number of rotatable bonds is 56. The van der Waals surface area contributed by atoms with Crippen LogP contribution in [0.2, 0.25) is 0 Å². The molecule has 0 aromatic carbocycles. The molecular weight excluding hydrogens is 945 g/mol. The molecule has 73 heavy (non-hydrogen) atoms. The minimum Gasteiger partial charge on any atom is -0.457 e. The van der Waals surface area contributed by atoms with Crippen LogP contribution in [0.3, 0.4) is 0 Å². The summed E-state index contributed by atoms with van der Waals surface area (Å²) in [5.41, 5.74) is 0. The molecule has 12 nitrogen and oxygen atoms in total. The number of hydrogen-bond donors (Lipinski definition) is 4. The maximum absolute atomic E-state index is 13.0. The molecule has 1 saturated heterocycles. The Morgan fingerprint density at radius 1 is 0.507 bits per heavy atom. The first-order valence-corrected chi connectivity index (χ1v) is 32.3. The van der Waals surface area contributed by atoms with E-state index in [-0.39, 0.29) is 25.6 Å². The van der Waals surface area contributed by atoms with Crippen molar-refractivity contribution >= 4 is 16.4 Å². The lowest BCUT2D eigenvalue weighted by Gasteiger charge is -2.41. The fourth-order valence-corrected chi connectivity index (χ4v) is 10.5. The second kappa shape index (κ2) is 51.6. The van der Waals surface area contributed by atoms with Crippen molar-refractivity contribution in [3.63, 3.8) is 0 Å². The lowest BCUT2D eigenvalue weighted by atomic mass is 9.99. The van der Waals surface area contributed by atoms with Crippen LogP contribution in [0.4, 0.5) is 0 Å². The van der Waals surface area contributed by atoms with Crippen molar-refractivity contribution in [3.8, 4) is 0 Å². The maximum Gasteiger partial charge on any atom is 0.397 e. The number of aliphatic hydroxyl groups excluding tert-OH is 3. The Morgan fingerprint density at radius 2 is 0.863 bits per heavy atom. The number of aliphatic hydroxyl groups is 3. The van der Waals surface area contributed by atoms with Gasteiger partial charge in [0.25, 0.3) is 0 Å². The van der Waals surface area contributed by atoms with Gasteiger partial charge in [-0.3, -0.25) is 9.35 Å². The average molecular weight is 1060 g/mol. The molecule has 1 aliphatic heterocycles. The summed E-state index contributed by atoms with van der Waals surface area (Å²) in [4.78, 5) is 13.0. The number of hydrogen-bond acceptors (Lipinski definition) is 11. The standard InChI is InChI=1S/C60H116O12S/c1-3-5-7-9-11-13-15-17-19-21-23-25-26-27-28-29-30-32-34-36-38-40-42-44-46-48-50-68-52-54(53-69-60-58(64)59(72-73(65,66)67)57(63)55(51-61)71-60)70-56(62)49-47-45-43-41-39-37-35-33-31-24-22-20-18-16-14-12-10-8-6-4-2/h21,23,54-55,57-61,63-64H,3-20,22,24-53H2,1-2H3,(H,65,66,67)/b23-21-. The summed E-state index contributed by atoms with van der Waals surface area (Å²) in [5, 5.41) is 30.9. The topological polar surface area (TPSA) is 178 Å². The number of esters is 1. The molecule has 0 aliphatic carbocycles. The Hall–Kier alpha value is -1.16. The van der Waals surface area contributed by atoms with Gasteiger partial charge in [-0.15, -0.1) is 0 Å². The zero-order valence-corrected chi connectivity index (χ0v) is 48.0. The Labute approximate surface area is 449 Å². The molecule has 1 fully saturated rings. The van der Waals surface area contributed by atoms with Crippen LogP contribution in [0.25, 0.3) is 0 Å². The first kappa shape index (κ1) is 69.9. The largest absolute Gasteiger partial charge is 0.457 e. The molecule has 0 aromatic heterocycles. The Morgan fingerprint density at radius 3 is 1.23 bits per heavy atom. The fraction of sp³-hybridized carbons (Fsp3) is 0.950. The summed E-state index contributed by atoms with van der Waals surface area (Å²) >= 11 is 0. The van der Waals surface area contributed by atoms with Crippen molar-refractivity contribution in [2.45, 2.75) is 340 Å². The fourth-order valence-electron chi connectivity index (χ4n) is 9.97. The van der Waals surface area contributed by atoms with Crippen molar-refractivity contribution in [3.05, 3.63) is 12.2 Å². The van der Waals surface area contributed by atoms with Crippen LogP contribution in [0.15, 0.2) is 12.2 Å². The van der Waals surface area contributed by atoms with Gasteiger partial charge in [-0.1, -0.05) is 270 Å². The summed E-state index contributed by atoms with van der Waals surface area (Å²) < 4.78 is 59.5. The number of allylic oxidation sites excluding steroid dienone is 2. The van der Waals surface area contributed by atoms with E-state index in [1.807, 2.05) is 0 Å². The van der Waals surface area contributed by atoms with Crippen molar-refractivity contribution in [1.82, 2.24) is 0 Å². The molecule has 0 amide bonds. The van der Waals surface area contributed by atoms with Crippen LogP contribution in [-0.4, -0.2) is 97.5 Å². The molecule has 1 heterocycles. The third-order valence-corrected chi connectivity index (χ3v) is 15.1. The van der Waals surface area contributed by atoms with E-state index in [2.05, 4.69) is 30.2 Å². The van der Waals surface area contributed by atoms with Gasteiger partial charge in [0.2, 0.25) is 0 Å². The van der Waals surface area contributed by atoms with Gasteiger partial charge in [0.15, 0.2) is 6.29 Å². The van der Waals surface area contributed by atoms with Gasteiger partial charge in [0.1, 0.15) is 30.5 Å². The molecule has 6 atom stereocenters. The van der Waals surface area contributed by atoms with Gasteiger partial charge in [-0.2, -0.15) is 8.42 Å². The van der Waals surface area contributed by atoms with Crippen molar-refractivity contribution < 1.29 is 56.2 Å². The molecule has 13 heteroatoms. The molecule has 0 bridgehead atoms. The van der Waals surface area contributed by atoms with E-state index in [1.165, 1.54) is 238 Å². The third-order valence-electron chi connectivity index (χ3n) is 14.6. The van der Waals surface area contributed by atoms with Gasteiger partial charge in [0, 0.05) is 13.0 Å². The predicted octanol–water partition coefficient (Wildman–Crippen LogP) is 15.7. The monoisotopic (exact) mass is 1060 g/mol. The number of carbonyl (C=O) groups is 1. The van der Waals surface area contributed by atoms with Gasteiger partial charge in [-0.05, 0) is 38.5 Å². The third kappa shape index (κ3) is 44.5. The van der Waals surface area contributed by atoms with E-state index >= 15 is 0 Å². The van der Waals surface area contributed by atoms with Gasteiger partial charge in [0.05, 0.1) is 19.8 Å². The highest BCUT2D eigenvalue weighted by Gasteiger charge is 2.48. The molecule has 1 rings (SSSR count). The highest BCUT2D eigenvalue weighted by Crippen LogP contribution is 2.26. The highest BCUT2D eigenvalue weighted by atomic mass is 32.3. The summed E-state index contributed by atoms with van der Waals surface area (Å²) in [6.07, 6.45) is 52.6. The number of ether oxygens (including phenoxy) is 4. The molecular formula is C60H116O12S. The lowest BCUT2D eigenvalue weighted by molar-refractivity contribution is -0.301. The number of carbonyl (C=O) groups excluding carboxylic acids is 1. The van der Waals surface area contributed by atoms with Crippen molar-refractivity contribution in [2.75, 3.05) is 26.4 Å². The van der Waals surface area contributed by atoms with E-state index < -0.39 is 53.8 Å². The molecule has 0 aromatic rings. The molecule has 0 radical (unpaired) electrons. The van der Waals surface area contributed by atoms with E-state index in [4.69, 9.17) is 18.9 Å². The Kier molecular flexibility index (Phi) is 49.4. The van der Waals surface area contributed by atoms with Crippen molar-refractivity contribution in [1.29, 1.82) is 0 Å². The van der Waals surface area contributed by atoms with Crippen molar-refractivity contribution in [2.24, 2.45) is 0 Å². The molecule has 0 saturated carbocycles. The number of unbranched alkanes of at least 4 members (excludes halogenated alkanes) is 41. The lowest BCUT2D eigenvalue weighted by Crippen LogP contribution is -2.60. The van der Waals surface area contributed by atoms with E-state index in [0.29, 0.717) is 13.0 Å². The van der Waals surface area contributed by atoms with Crippen LogP contribution in [-0.2, 0) is 38.3 Å². The second-order valence-corrected chi connectivity index (χ2v) is 22.7. The van der Waals surface area contributed by atoms with E-state index in [9.17, 15) is 33.1 Å². The molecule has 4 N–H and O–H groups in total. The SMILES string of the molecule is CCCCCCCCCC/C=C\CCCCCCCCCCCCCCCCOCC(COC1OC(CO)C(O)C(OS(=O)(=O)O)C1O)OC(=O)CCCCCCCCCCCCCCCCCCCCCC. The van der Waals surface area contributed by atoms with Crippen LogP contribution < -0.4 is 0 Å². The van der Waals surface area contributed by atoms with Gasteiger partial charge < -0.3 is 34.3 Å². The predicted molar refractivity (Wildman–Crippen MR) is 299 cm³/mol. The van der Waals surface area contributed by atoms with E-state index in [0.717, 1.165) is 38.5 Å². The molecule has 6 unspecified atom stereocenters. The smallest absolute Gasteiger partial charge is 0.397 e. The quantitative estimate of drug-likeness (QED) is 0.0196. The van der Waals surface area contributed by atoms with E-state index in [1.54, 1.807) is 0 Å². The van der Waals surface area contributed by atoms with Crippen LogP contribution >= 0.6 is 0 Å². The molecule has 0 spiro atoms. The minimum atomic E-state index is -5.06. The first-order valence-electron chi connectivity index (χ1n) is 30.9. The van der Waals surface area contributed by atoms with Gasteiger partial charge in [-0.25, -0.2) is 4.18 Å².